The molecule has 2 fully saturated rings. The molecule has 11 atom stereocenters. The highest BCUT2D eigenvalue weighted by Gasteiger charge is 2.69. The molecule has 2 aliphatic heterocycles. The maximum atomic E-state index is 10.7. The normalized spacial score (nSPS) is 56.9. The van der Waals surface area contributed by atoms with E-state index in [1.54, 1.807) is 0 Å². The zero-order valence-corrected chi connectivity index (χ0v) is 13.9. The fraction of sp³-hybridized carbons (Fsp3) is 0.867. The van der Waals surface area contributed by atoms with Gasteiger partial charge in [-0.3, -0.25) is 0 Å². The first kappa shape index (κ1) is 19.9. The minimum atomic E-state index is -2.08. The van der Waals surface area contributed by atoms with E-state index in [0.717, 1.165) is 12.3 Å². The average molecular weight is 380 g/mol. The lowest BCUT2D eigenvalue weighted by Gasteiger charge is -2.45. The van der Waals surface area contributed by atoms with E-state index in [2.05, 4.69) is 0 Å². The molecule has 11 heteroatoms. The summed E-state index contributed by atoms with van der Waals surface area (Å²) < 4.78 is 15.9. The quantitative estimate of drug-likeness (QED) is 0.235. The highest BCUT2D eigenvalue weighted by atomic mass is 16.8. The van der Waals surface area contributed by atoms with Crippen molar-refractivity contribution in [2.75, 3.05) is 6.61 Å². The zero-order valence-electron chi connectivity index (χ0n) is 13.9. The first-order valence-electron chi connectivity index (χ1n) is 8.15. The molecule has 0 unspecified atom stereocenters. The van der Waals surface area contributed by atoms with Crippen LogP contribution in [-0.2, 0) is 14.2 Å². The van der Waals surface area contributed by atoms with E-state index in [9.17, 15) is 40.9 Å². The molecule has 26 heavy (non-hydrogen) atoms. The first-order valence-corrected chi connectivity index (χ1v) is 8.15. The fourth-order valence-electron chi connectivity index (χ4n) is 3.83. The molecule has 2 heterocycles. The van der Waals surface area contributed by atoms with Crippen molar-refractivity contribution in [3.05, 3.63) is 12.3 Å². The van der Waals surface area contributed by atoms with Gasteiger partial charge in [0, 0.05) is 0 Å². The second-order valence-corrected chi connectivity index (χ2v) is 7.12. The van der Waals surface area contributed by atoms with Crippen LogP contribution in [0, 0.1) is 5.92 Å². The van der Waals surface area contributed by atoms with Gasteiger partial charge in [0.2, 0.25) is 6.29 Å². The molecule has 0 bridgehead atoms. The number of fused-ring (bicyclic) bond motifs is 1. The van der Waals surface area contributed by atoms with Crippen molar-refractivity contribution in [2.45, 2.75) is 67.3 Å². The Morgan fingerprint density at radius 1 is 0.962 bits per heavy atom. The third-order valence-corrected chi connectivity index (χ3v) is 5.44. The van der Waals surface area contributed by atoms with E-state index in [4.69, 9.17) is 14.2 Å². The summed E-state index contributed by atoms with van der Waals surface area (Å²) in [5.41, 5.74) is -4.11. The molecule has 3 rings (SSSR count). The summed E-state index contributed by atoms with van der Waals surface area (Å²) in [6.45, 7) is 0.508. The van der Waals surface area contributed by atoms with Crippen LogP contribution in [0.1, 0.15) is 6.92 Å². The van der Waals surface area contributed by atoms with Gasteiger partial charge in [0.25, 0.3) is 0 Å². The van der Waals surface area contributed by atoms with Gasteiger partial charge in [0.15, 0.2) is 6.29 Å². The van der Waals surface area contributed by atoms with Gasteiger partial charge in [-0.2, -0.15) is 0 Å². The molecule has 11 nitrogen and oxygen atoms in total. The smallest absolute Gasteiger partial charge is 0.210 e. The average Bonchev–Trinajstić information content (AvgIpc) is 2.73. The molecule has 0 aromatic heterocycles. The Morgan fingerprint density at radius 2 is 1.62 bits per heavy atom. The van der Waals surface area contributed by atoms with Crippen LogP contribution in [0.25, 0.3) is 0 Å². The first-order chi connectivity index (χ1) is 12.1. The molecule has 3 aliphatic rings. The van der Waals surface area contributed by atoms with Gasteiger partial charge < -0.3 is 55.1 Å². The lowest BCUT2D eigenvalue weighted by Crippen LogP contribution is -2.62. The fourth-order valence-corrected chi connectivity index (χ4v) is 3.83. The van der Waals surface area contributed by atoms with Gasteiger partial charge in [0.1, 0.15) is 47.8 Å². The Bertz CT molecular complexity index is 552. The predicted molar refractivity (Wildman–Crippen MR) is 79.9 cm³/mol. The van der Waals surface area contributed by atoms with Crippen molar-refractivity contribution in [3.8, 4) is 0 Å². The maximum absolute atomic E-state index is 10.7. The lowest BCUT2D eigenvalue weighted by atomic mass is 9.81. The number of aliphatic hydroxyl groups is 8. The van der Waals surface area contributed by atoms with Crippen LogP contribution in [-0.4, -0.2) is 108 Å². The van der Waals surface area contributed by atoms with E-state index in [-0.39, 0.29) is 0 Å². The number of rotatable bonds is 3. The molecule has 8 N–H and O–H groups in total. The van der Waals surface area contributed by atoms with Gasteiger partial charge in [-0.1, -0.05) is 0 Å². The Morgan fingerprint density at radius 3 is 2.23 bits per heavy atom. The summed E-state index contributed by atoms with van der Waals surface area (Å²) in [5.74, 6) is -1.38. The molecule has 1 saturated heterocycles. The van der Waals surface area contributed by atoms with E-state index in [1.165, 1.54) is 6.92 Å². The summed E-state index contributed by atoms with van der Waals surface area (Å²) in [6, 6.07) is 0. The number of aliphatic hydroxyl groups excluding tert-OH is 6. The van der Waals surface area contributed by atoms with Crippen molar-refractivity contribution < 1.29 is 55.1 Å². The second-order valence-electron chi connectivity index (χ2n) is 7.12. The van der Waals surface area contributed by atoms with Crippen molar-refractivity contribution in [2.24, 2.45) is 5.92 Å². The number of hydrogen-bond donors (Lipinski definition) is 8. The van der Waals surface area contributed by atoms with E-state index < -0.39 is 72.9 Å². The largest absolute Gasteiger partial charge is 0.472 e. The van der Waals surface area contributed by atoms with Gasteiger partial charge in [-0.15, -0.1) is 0 Å². The summed E-state index contributed by atoms with van der Waals surface area (Å²) in [7, 11) is 0. The Kier molecular flexibility index (Phi) is 5.08. The SMILES string of the molecule is C[C@]1(O)[C@H](O)[C@@H](O)[C@@]2(O)C=CO[C@@H](O[C@H]3O[C@H](CO)[C@@H](O)[C@H](O)[C@@H]3O)[C@H]12. The van der Waals surface area contributed by atoms with Gasteiger partial charge in [0.05, 0.1) is 18.8 Å². The summed E-state index contributed by atoms with van der Waals surface area (Å²) in [6.07, 6.45) is -10.7. The van der Waals surface area contributed by atoms with E-state index in [0.29, 0.717) is 0 Å². The van der Waals surface area contributed by atoms with Crippen LogP contribution in [0.15, 0.2) is 12.3 Å². The van der Waals surface area contributed by atoms with Crippen molar-refractivity contribution in [1.82, 2.24) is 0 Å². The Balaban J connectivity index is 1.85. The molecular weight excluding hydrogens is 356 g/mol. The van der Waals surface area contributed by atoms with Crippen LogP contribution >= 0.6 is 0 Å². The molecule has 150 valence electrons. The third-order valence-electron chi connectivity index (χ3n) is 5.44. The third kappa shape index (κ3) is 2.76. The van der Waals surface area contributed by atoms with Gasteiger partial charge in [-0.05, 0) is 13.0 Å². The van der Waals surface area contributed by atoms with Crippen LogP contribution in [0.5, 0.6) is 0 Å². The molecule has 0 aromatic carbocycles. The molecule has 0 radical (unpaired) electrons. The number of hydrogen-bond acceptors (Lipinski definition) is 11. The van der Waals surface area contributed by atoms with Gasteiger partial charge >= 0.3 is 0 Å². The van der Waals surface area contributed by atoms with Gasteiger partial charge in [-0.25, -0.2) is 0 Å². The molecule has 0 aromatic rings. The minimum absolute atomic E-state index is 0.668. The standard InChI is InChI=1S/C15H24O11/c1-14(22)9-13(24-3-2-15(9,23)11(21)10(14)20)26-12-8(19)7(18)6(17)5(4-16)25-12/h2-3,5-13,16-23H,4H2,1H3/t5-,6-,7+,8+,9-,10-,11-,12-,13+,14-,15-/m1/s1. The second kappa shape index (κ2) is 6.63. The van der Waals surface area contributed by atoms with E-state index >= 15 is 0 Å². The Labute approximate surface area is 148 Å². The lowest BCUT2D eigenvalue weighted by molar-refractivity contribution is -0.352. The van der Waals surface area contributed by atoms with E-state index in [1.807, 2.05) is 0 Å². The van der Waals surface area contributed by atoms with Crippen LogP contribution < -0.4 is 0 Å². The van der Waals surface area contributed by atoms with Crippen molar-refractivity contribution in [3.63, 3.8) is 0 Å². The maximum Gasteiger partial charge on any atom is 0.210 e. The van der Waals surface area contributed by atoms with Crippen LogP contribution in [0.3, 0.4) is 0 Å². The summed E-state index contributed by atoms with van der Waals surface area (Å²) in [5, 5.41) is 80.3. The summed E-state index contributed by atoms with van der Waals surface area (Å²) >= 11 is 0. The molecular formula is C15H24O11. The molecule has 1 aliphatic carbocycles. The monoisotopic (exact) mass is 380 g/mol. The minimum Gasteiger partial charge on any atom is -0.472 e. The Hall–Kier alpha value is -0.860. The molecule has 1 saturated carbocycles. The highest BCUT2D eigenvalue weighted by molar-refractivity contribution is 5.24. The van der Waals surface area contributed by atoms with Crippen molar-refractivity contribution >= 4 is 0 Å². The van der Waals surface area contributed by atoms with Crippen LogP contribution in [0.2, 0.25) is 0 Å². The van der Waals surface area contributed by atoms with Crippen molar-refractivity contribution in [1.29, 1.82) is 0 Å². The zero-order chi connectivity index (χ0) is 19.4. The summed E-state index contributed by atoms with van der Waals surface area (Å²) in [4.78, 5) is 0. The molecule has 0 amide bonds. The number of ether oxygens (including phenoxy) is 3. The highest BCUT2D eigenvalue weighted by Crippen LogP contribution is 2.49. The predicted octanol–water partition coefficient (Wildman–Crippen LogP) is -4.49. The molecule has 0 spiro atoms. The topological polar surface area (TPSA) is 190 Å². The van der Waals surface area contributed by atoms with Crippen LogP contribution in [0.4, 0.5) is 0 Å².